The van der Waals surface area contributed by atoms with Crippen LogP contribution in [0.25, 0.3) is 21.3 Å². The van der Waals surface area contributed by atoms with E-state index in [1.54, 1.807) is 23.6 Å². The Labute approximate surface area is 156 Å². The average Bonchev–Trinajstić information content (AvgIpc) is 3.21. The van der Waals surface area contributed by atoms with Crippen molar-refractivity contribution in [3.8, 4) is 11.3 Å². The topological polar surface area (TPSA) is 34.2 Å². The van der Waals surface area contributed by atoms with E-state index in [0.29, 0.717) is 5.56 Å². The van der Waals surface area contributed by atoms with Crippen LogP contribution in [0.4, 0.5) is 10.1 Å². The van der Waals surface area contributed by atoms with Crippen LogP contribution in [0.3, 0.4) is 0 Å². The van der Waals surface area contributed by atoms with E-state index in [9.17, 15) is 0 Å². The lowest BCUT2D eigenvalue weighted by Crippen LogP contribution is -2.56. The maximum Gasteiger partial charge on any atom is 0.134 e. The van der Waals surface area contributed by atoms with E-state index in [2.05, 4.69) is 31.1 Å². The van der Waals surface area contributed by atoms with Gasteiger partial charge < -0.3 is 10.1 Å². The summed E-state index contributed by atoms with van der Waals surface area (Å²) in [5, 5.41) is 6.63. The van der Waals surface area contributed by atoms with Crippen LogP contribution in [-0.4, -0.2) is 23.2 Å². The summed E-state index contributed by atoms with van der Waals surface area (Å²) in [7, 11) is 0. The van der Waals surface area contributed by atoms with Crippen molar-refractivity contribution in [2.75, 3.05) is 11.9 Å². The molecule has 2 atom stereocenters. The first-order valence-electron chi connectivity index (χ1n) is 8.96. The summed E-state index contributed by atoms with van der Waals surface area (Å²) in [5.74, 6) is -0.235. The Morgan fingerprint density at radius 2 is 2.12 bits per heavy atom. The number of nitrogens with one attached hydrogen (secondary N) is 1. The Kier molecular flexibility index (Phi) is 3.29. The lowest BCUT2D eigenvalue weighted by molar-refractivity contribution is 0.0352. The number of anilines is 1. The fraction of sp³-hybridized carbons (Fsp3) is 0.381. The van der Waals surface area contributed by atoms with Crippen molar-refractivity contribution in [1.82, 2.24) is 4.98 Å². The molecule has 0 amide bonds. The summed E-state index contributed by atoms with van der Waals surface area (Å²) >= 11 is 1.60. The molecule has 0 aliphatic carbocycles. The first kappa shape index (κ1) is 16.2. The summed E-state index contributed by atoms with van der Waals surface area (Å²) in [6, 6.07) is 7.65. The van der Waals surface area contributed by atoms with Crippen LogP contribution in [0.5, 0.6) is 0 Å². The van der Waals surface area contributed by atoms with Gasteiger partial charge in [0.25, 0.3) is 0 Å². The van der Waals surface area contributed by atoms with Crippen LogP contribution in [-0.2, 0) is 10.2 Å². The molecule has 1 N–H and O–H groups in total. The van der Waals surface area contributed by atoms with Gasteiger partial charge in [-0.25, -0.2) is 4.39 Å². The van der Waals surface area contributed by atoms with Gasteiger partial charge in [0, 0.05) is 29.5 Å². The summed E-state index contributed by atoms with van der Waals surface area (Å²) in [5.41, 5.74) is 2.94. The number of nitrogens with zero attached hydrogens (tertiary/aromatic N) is 1. The minimum atomic E-state index is -0.238. The van der Waals surface area contributed by atoms with Crippen LogP contribution in [0.1, 0.15) is 32.8 Å². The maximum atomic E-state index is 15.1. The van der Waals surface area contributed by atoms with Crippen molar-refractivity contribution in [2.45, 2.75) is 44.2 Å². The average molecular weight is 368 g/mol. The molecule has 2 aliphatic heterocycles. The van der Waals surface area contributed by atoms with Crippen molar-refractivity contribution in [3.63, 3.8) is 0 Å². The van der Waals surface area contributed by atoms with Gasteiger partial charge in [-0.3, -0.25) is 4.98 Å². The van der Waals surface area contributed by atoms with Gasteiger partial charge in [0.2, 0.25) is 0 Å². The Hall–Kier alpha value is -1.98. The van der Waals surface area contributed by atoms with E-state index in [4.69, 9.17) is 4.74 Å². The van der Waals surface area contributed by atoms with Crippen LogP contribution in [0.2, 0.25) is 0 Å². The summed E-state index contributed by atoms with van der Waals surface area (Å²) in [4.78, 5) is 4.51. The van der Waals surface area contributed by atoms with Crippen molar-refractivity contribution < 1.29 is 9.13 Å². The van der Waals surface area contributed by atoms with E-state index in [0.717, 1.165) is 40.1 Å². The van der Waals surface area contributed by atoms with Gasteiger partial charge in [0.05, 0.1) is 22.0 Å². The second-order valence-electron chi connectivity index (χ2n) is 8.14. The third-order valence-corrected chi connectivity index (χ3v) is 6.88. The third-order valence-electron chi connectivity index (χ3n) is 5.94. The smallest absolute Gasteiger partial charge is 0.134 e. The van der Waals surface area contributed by atoms with Crippen molar-refractivity contribution in [1.29, 1.82) is 0 Å². The molecule has 3 nitrogen and oxygen atoms in total. The molecule has 5 heteroatoms. The second kappa shape index (κ2) is 5.27. The molecule has 0 saturated carbocycles. The Morgan fingerprint density at radius 3 is 2.96 bits per heavy atom. The SMILES string of the molecule is CC1(C)Nc2cc(F)c(-c3nccc4ccsc34)cc2C2(C)CCOC12. The highest BCUT2D eigenvalue weighted by Gasteiger charge is 2.53. The number of hydrogen-bond donors (Lipinski definition) is 1. The van der Waals surface area contributed by atoms with E-state index in [-0.39, 0.29) is 22.9 Å². The van der Waals surface area contributed by atoms with Gasteiger partial charge in [-0.2, -0.15) is 0 Å². The van der Waals surface area contributed by atoms with Crippen LogP contribution >= 0.6 is 11.3 Å². The fourth-order valence-electron chi connectivity index (χ4n) is 4.81. The molecule has 2 unspecified atom stereocenters. The number of thiophene rings is 1. The molecule has 4 heterocycles. The van der Waals surface area contributed by atoms with Gasteiger partial charge in [-0.1, -0.05) is 6.92 Å². The molecule has 134 valence electrons. The largest absolute Gasteiger partial charge is 0.377 e. The zero-order chi connectivity index (χ0) is 18.1. The van der Waals surface area contributed by atoms with E-state index in [1.165, 1.54) is 0 Å². The molecule has 3 aromatic rings. The molecular weight excluding hydrogens is 347 g/mol. The highest BCUT2D eigenvalue weighted by Crippen LogP contribution is 2.51. The monoisotopic (exact) mass is 368 g/mol. The van der Waals surface area contributed by atoms with Crippen molar-refractivity contribution in [3.05, 3.63) is 47.2 Å². The van der Waals surface area contributed by atoms with Gasteiger partial charge in [0.15, 0.2) is 0 Å². The van der Waals surface area contributed by atoms with Crippen molar-refractivity contribution in [2.24, 2.45) is 0 Å². The van der Waals surface area contributed by atoms with Gasteiger partial charge in [-0.05, 0) is 60.9 Å². The summed E-state index contributed by atoms with van der Waals surface area (Å²) in [6.07, 6.45) is 2.76. The lowest BCUT2D eigenvalue weighted by Gasteiger charge is -2.48. The molecule has 2 aliphatic rings. The predicted molar refractivity (Wildman–Crippen MR) is 104 cm³/mol. The minimum Gasteiger partial charge on any atom is -0.377 e. The molecule has 0 radical (unpaired) electrons. The van der Waals surface area contributed by atoms with Gasteiger partial charge in [-0.15, -0.1) is 11.3 Å². The zero-order valence-corrected chi connectivity index (χ0v) is 15.9. The number of fused-ring (bicyclic) bond motifs is 4. The van der Waals surface area contributed by atoms with E-state index >= 15 is 4.39 Å². The second-order valence-corrected chi connectivity index (χ2v) is 9.06. The Balaban J connectivity index is 1.76. The summed E-state index contributed by atoms with van der Waals surface area (Å²) < 4.78 is 22.2. The van der Waals surface area contributed by atoms with Crippen LogP contribution in [0, 0.1) is 5.82 Å². The number of ether oxygens (including phenoxy) is 1. The number of rotatable bonds is 1. The lowest BCUT2D eigenvalue weighted by atomic mass is 9.67. The number of benzene rings is 1. The number of pyridine rings is 1. The van der Waals surface area contributed by atoms with E-state index < -0.39 is 0 Å². The van der Waals surface area contributed by atoms with Crippen LogP contribution < -0.4 is 5.32 Å². The molecule has 0 spiro atoms. The van der Waals surface area contributed by atoms with Crippen molar-refractivity contribution >= 4 is 27.1 Å². The quantitative estimate of drug-likeness (QED) is 0.628. The normalized spacial score (nSPS) is 26.4. The molecular formula is C21H21FN2OS. The first-order chi connectivity index (χ1) is 12.4. The number of aromatic nitrogens is 1. The molecule has 0 bridgehead atoms. The highest BCUT2D eigenvalue weighted by molar-refractivity contribution is 7.17. The molecule has 1 saturated heterocycles. The Morgan fingerprint density at radius 1 is 1.27 bits per heavy atom. The first-order valence-corrected chi connectivity index (χ1v) is 9.84. The van der Waals surface area contributed by atoms with Gasteiger partial charge in [0.1, 0.15) is 5.82 Å². The van der Waals surface area contributed by atoms with E-state index in [1.807, 2.05) is 23.6 Å². The molecule has 2 aromatic heterocycles. The number of halogens is 1. The molecule has 26 heavy (non-hydrogen) atoms. The molecule has 5 rings (SSSR count). The minimum absolute atomic E-state index is 0.0614. The third kappa shape index (κ3) is 2.10. The molecule has 1 aromatic carbocycles. The fourth-order valence-corrected chi connectivity index (χ4v) is 5.71. The predicted octanol–water partition coefficient (Wildman–Crippen LogP) is 5.35. The molecule has 1 fully saturated rings. The van der Waals surface area contributed by atoms with Crippen LogP contribution in [0.15, 0.2) is 35.8 Å². The standard InChI is InChI=1S/C21H21FN2OS/c1-20(2)19-21(3,6-8-25-19)14-10-13(15(22)11-16(14)24-20)17-18-12(4-7-23-17)5-9-26-18/h4-5,7,9-11,19,24H,6,8H2,1-3H3. The highest BCUT2D eigenvalue weighted by atomic mass is 32.1. The van der Waals surface area contributed by atoms with Gasteiger partial charge >= 0.3 is 0 Å². The zero-order valence-electron chi connectivity index (χ0n) is 15.1. The maximum absolute atomic E-state index is 15.1. The summed E-state index contributed by atoms with van der Waals surface area (Å²) in [6.45, 7) is 7.23. The Bertz CT molecular complexity index is 1030. The number of hydrogen-bond acceptors (Lipinski definition) is 4.